The molecule has 2 aliphatic heterocycles. The molecule has 0 saturated carbocycles. The SMILES string of the molecule is CC(=O)N1CCN(CC(O)COc2ccc(S(=O)(=O)N3CCOCC3)cc2)CC1.Cl. The van der Waals surface area contributed by atoms with E-state index in [1.165, 1.54) is 16.4 Å². The Balaban J connectivity index is 0.00000320. The highest BCUT2D eigenvalue weighted by molar-refractivity contribution is 7.89. The Morgan fingerprint density at radius 3 is 2.27 bits per heavy atom. The zero-order valence-corrected chi connectivity index (χ0v) is 18.7. The lowest BCUT2D eigenvalue weighted by Gasteiger charge is -2.35. The van der Waals surface area contributed by atoms with E-state index in [1.54, 1.807) is 24.0 Å². The van der Waals surface area contributed by atoms with Gasteiger partial charge in [0.2, 0.25) is 15.9 Å². The number of carbonyl (C=O) groups excluding carboxylic acids is 1. The van der Waals surface area contributed by atoms with Gasteiger partial charge in [-0.05, 0) is 24.3 Å². The van der Waals surface area contributed by atoms with E-state index in [1.807, 2.05) is 0 Å². The molecule has 9 nitrogen and oxygen atoms in total. The van der Waals surface area contributed by atoms with Crippen molar-refractivity contribution in [3.8, 4) is 5.75 Å². The number of morpholine rings is 1. The fourth-order valence-electron chi connectivity index (χ4n) is 3.43. The number of halogens is 1. The molecule has 1 aromatic rings. The molecule has 0 aromatic heterocycles. The first-order valence-electron chi connectivity index (χ1n) is 9.83. The molecule has 2 heterocycles. The van der Waals surface area contributed by atoms with Crippen LogP contribution < -0.4 is 4.74 Å². The Kier molecular flexibility index (Phi) is 9.32. The van der Waals surface area contributed by atoms with Gasteiger partial charge in [-0.25, -0.2) is 8.42 Å². The Morgan fingerprint density at radius 2 is 1.70 bits per heavy atom. The molecule has 2 saturated heterocycles. The van der Waals surface area contributed by atoms with Crippen molar-refractivity contribution in [3.05, 3.63) is 24.3 Å². The number of nitrogens with zero attached hydrogens (tertiary/aromatic N) is 3. The standard InChI is InChI=1S/C19H29N3O6S.ClH/c1-16(23)21-8-6-20(7-9-21)14-17(24)15-28-18-2-4-19(5-3-18)29(25,26)22-10-12-27-13-11-22;/h2-5,17,24H,6-15H2,1H3;1H. The summed E-state index contributed by atoms with van der Waals surface area (Å²) in [6.07, 6.45) is -0.671. The Morgan fingerprint density at radius 1 is 1.10 bits per heavy atom. The van der Waals surface area contributed by atoms with Crippen LogP contribution in [-0.2, 0) is 19.6 Å². The molecular weight excluding hydrogens is 434 g/mol. The number of aliphatic hydroxyl groups is 1. The highest BCUT2D eigenvalue weighted by atomic mass is 35.5. The van der Waals surface area contributed by atoms with E-state index in [9.17, 15) is 18.3 Å². The van der Waals surface area contributed by atoms with Crippen molar-refractivity contribution in [2.45, 2.75) is 17.9 Å². The average molecular weight is 464 g/mol. The summed E-state index contributed by atoms with van der Waals surface area (Å²) >= 11 is 0. The highest BCUT2D eigenvalue weighted by Crippen LogP contribution is 2.20. The van der Waals surface area contributed by atoms with Crippen molar-refractivity contribution in [2.75, 3.05) is 65.6 Å². The number of amides is 1. The molecule has 1 N–H and O–H groups in total. The summed E-state index contributed by atoms with van der Waals surface area (Å²) in [5.74, 6) is 0.582. The lowest BCUT2D eigenvalue weighted by Crippen LogP contribution is -2.50. The van der Waals surface area contributed by atoms with Gasteiger partial charge in [0.05, 0.1) is 18.1 Å². The number of aliphatic hydroxyl groups excluding tert-OH is 1. The summed E-state index contributed by atoms with van der Waals surface area (Å²) in [7, 11) is -3.53. The summed E-state index contributed by atoms with van der Waals surface area (Å²) in [5.41, 5.74) is 0. The third kappa shape index (κ3) is 6.53. The number of rotatable bonds is 7. The molecule has 30 heavy (non-hydrogen) atoms. The van der Waals surface area contributed by atoms with Crippen LogP contribution in [0.5, 0.6) is 5.75 Å². The summed E-state index contributed by atoms with van der Waals surface area (Å²) in [6.45, 7) is 6.46. The number of ether oxygens (including phenoxy) is 2. The zero-order valence-electron chi connectivity index (χ0n) is 17.1. The third-order valence-electron chi connectivity index (χ3n) is 5.16. The first kappa shape index (κ1) is 24.8. The van der Waals surface area contributed by atoms with E-state index in [2.05, 4.69) is 4.90 Å². The summed E-state index contributed by atoms with van der Waals surface area (Å²) < 4.78 is 37.5. The molecule has 170 valence electrons. The van der Waals surface area contributed by atoms with Crippen molar-refractivity contribution >= 4 is 28.3 Å². The monoisotopic (exact) mass is 463 g/mol. The number of carbonyl (C=O) groups is 1. The normalized spacial score (nSPS) is 19.7. The third-order valence-corrected chi connectivity index (χ3v) is 7.07. The number of hydrogen-bond donors (Lipinski definition) is 1. The Bertz CT molecular complexity index is 778. The minimum absolute atomic E-state index is 0. The van der Waals surface area contributed by atoms with Crippen LogP contribution >= 0.6 is 12.4 Å². The second-order valence-corrected chi connectivity index (χ2v) is 9.20. The van der Waals surface area contributed by atoms with E-state index < -0.39 is 16.1 Å². The summed E-state index contributed by atoms with van der Waals surface area (Å²) in [4.78, 5) is 15.5. The van der Waals surface area contributed by atoms with E-state index in [4.69, 9.17) is 9.47 Å². The molecule has 0 spiro atoms. The molecule has 2 fully saturated rings. The van der Waals surface area contributed by atoms with Crippen molar-refractivity contribution in [3.63, 3.8) is 0 Å². The molecule has 1 amide bonds. The van der Waals surface area contributed by atoms with Gasteiger partial charge in [0.25, 0.3) is 0 Å². The summed E-state index contributed by atoms with van der Waals surface area (Å²) in [6, 6.07) is 6.25. The fraction of sp³-hybridized carbons (Fsp3) is 0.632. The molecule has 0 radical (unpaired) electrons. The van der Waals surface area contributed by atoms with Crippen LogP contribution in [0.3, 0.4) is 0 Å². The number of β-amino-alcohol motifs (C(OH)–C–C–N with tert-alkyl or cyclic N) is 1. The second kappa shape index (κ2) is 11.3. The minimum Gasteiger partial charge on any atom is -0.491 e. The predicted molar refractivity (Wildman–Crippen MR) is 113 cm³/mol. The first-order chi connectivity index (χ1) is 13.9. The molecule has 0 aliphatic carbocycles. The predicted octanol–water partition coefficient (Wildman–Crippen LogP) is 0.0331. The zero-order chi connectivity index (χ0) is 20.9. The topological polar surface area (TPSA) is 99.6 Å². The van der Waals surface area contributed by atoms with Crippen LogP contribution in [0.25, 0.3) is 0 Å². The van der Waals surface area contributed by atoms with Crippen LogP contribution in [0.2, 0.25) is 0 Å². The van der Waals surface area contributed by atoms with Crippen molar-refractivity contribution in [1.82, 2.24) is 14.1 Å². The van der Waals surface area contributed by atoms with E-state index in [0.29, 0.717) is 51.7 Å². The highest BCUT2D eigenvalue weighted by Gasteiger charge is 2.26. The van der Waals surface area contributed by atoms with Crippen LogP contribution in [0.4, 0.5) is 0 Å². The Labute approximate surface area is 184 Å². The van der Waals surface area contributed by atoms with E-state index in [0.717, 1.165) is 13.1 Å². The maximum Gasteiger partial charge on any atom is 0.243 e. The fourth-order valence-corrected chi connectivity index (χ4v) is 4.84. The number of hydrogen-bond acceptors (Lipinski definition) is 7. The average Bonchev–Trinajstić information content (AvgIpc) is 2.73. The molecule has 1 atom stereocenters. The molecular formula is C19H30ClN3O6S. The van der Waals surface area contributed by atoms with E-state index >= 15 is 0 Å². The van der Waals surface area contributed by atoms with Gasteiger partial charge < -0.3 is 19.5 Å². The van der Waals surface area contributed by atoms with Crippen molar-refractivity contribution in [1.29, 1.82) is 0 Å². The minimum atomic E-state index is -3.53. The lowest BCUT2D eigenvalue weighted by atomic mass is 10.2. The van der Waals surface area contributed by atoms with Gasteiger partial charge in [0, 0.05) is 52.7 Å². The molecule has 1 unspecified atom stereocenters. The lowest BCUT2D eigenvalue weighted by molar-refractivity contribution is -0.130. The number of sulfonamides is 1. The van der Waals surface area contributed by atoms with Crippen molar-refractivity contribution in [2.24, 2.45) is 0 Å². The summed E-state index contributed by atoms with van der Waals surface area (Å²) in [5, 5.41) is 10.2. The van der Waals surface area contributed by atoms with E-state index in [-0.39, 0.29) is 29.8 Å². The molecule has 3 rings (SSSR count). The molecule has 0 bridgehead atoms. The first-order valence-corrected chi connectivity index (χ1v) is 11.3. The van der Waals surface area contributed by atoms with Gasteiger partial charge in [-0.2, -0.15) is 4.31 Å². The smallest absolute Gasteiger partial charge is 0.243 e. The van der Waals surface area contributed by atoms with Crippen LogP contribution in [0.15, 0.2) is 29.2 Å². The number of piperazine rings is 1. The molecule has 1 aromatic carbocycles. The number of benzene rings is 1. The quantitative estimate of drug-likeness (QED) is 0.609. The molecule has 11 heteroatoms. The van der Waals surface area contributed by atoms with Gasteiger partial charge in [-0.3, -0.25) is 9.69 Å². The van der Waals surface area contributed by atoms with Gasteiger partial charge in [-0.1, -0.05) is 0 Å². The Hall–Kier alpha value is -1.43. The largest absolute Gasteiger partial charge is 0.491 e. The van der Waals surface area contributed by atoms with Gasteiger partial charge in [-0.15, -0.1) is 12.4 Å². The molecule has 2 aliphatic rings. The maximum absolute atomic E-state index is 12.6. The second-order valence-electron chi connectivity index (χ2n) is 7.26. The maximum atomic E-state index is 12.6. The van der Waals surface area contributed by atoms with Gasteiger partial charge in [0.1, 0.15) is 18.5 Å². The van der Waals surface area contributed by atoms with Gasteiger partial charge >= 0.3 is 0 Å². The van der Waals surface area contributed by atoms with Crippen LogP contribution in [0, 0.1) is 0 Å². The van der Waals surface area contributed by atoms with Crippen LogP contribution in [-0.4, -0.2) is 105 Å². The van der Waals surface area contributed by atoms with Gasteiger partial charge in [0.15, 0.2) is 0 Å². The van der Waals surface area contributed by atoms with Crippen LogP contribution in [0.1, 0.15) is 6.92 Å². The van der Waals surface area contributed by atoms with Crippen molar-refractivity contribution < 1.29 is 27.8 Å².